The zero-order chi connectivity index (χ0) is 8.53. The fraction of sp³-hybridized carbons (Fsp3) is 0.125. The highest BCUT2D eigenvalue weighted by Crippen LogP contribution is 1.68. The number of carboxylic acid groups (broad SMARTS) is 1. The SMILES string of the molecule is O=C(O)C=CC#CC#CCO. The number of allylic oxidation sites excluding steroid dienone is 1. The number of rotatable bonds is 1. The molecule has 0 aliphatic rings. The van der Waals surface area contributed by atoms with Crippen molar-refractivity contribution >= 4 is 5.97 Å². The molecule has 0 saturated heterocycles. The fourth-order valence-electron chi connectivity index (χ4n) is 0.274. The topological polar surface area (TPSA) is 57.5 Å². The van der Waals surface area contributed by atoms with E-state index in [0.717, 1.165) is 6.08 Å². The van der Waals surface area contributed by atoms with Crippen molar-refractivity contribution in [1.29, 1.82) is 0 Å². The summed E-state index contributed by atoms with van der Waals surface area (Å²) in [7, 11) is 0. The van der Waals surface area contributed by atoms with E-state index in [-0.39, 0.29) is 6.61 Å². The lowest BCUT2D eigenvalue weighted by Gasteiger charge is -1.70. The summed E-state index contributed by atoms with van der Waals surface area (Å²) in [5.41, 5.74) is 0. The minimum atomic E-state index is -1.05. The summed E-state index contributed by atoms with van der Waals surface area (Å²) in [6.07, 6.45) is 2.09. The third-order valence-electron chi connectivity index (χ3n) is 0.611. The largest absolute Gasteiger partial charge is 0.478 e. The van der Waals surface area contributed by atoms with Crippen LogP contribution in [-0.2, 0) is 4.79 Å². The Bertz CT molecular complexity index is 267. The maximum absolute atomic E-state index is 9.86. The van der Waals surface area contributed by atoms with Crippen molar-refractivity contribution in [3.8, 4) is 23.7 Å². The predicted octanol–water partition coefficient (Wildman–Crippen LogP) is -0.374. The van der Waals surface area contributed by atoms with Crippen LogP contribution in [0.25, 0.3) is 0 Å². The first-order valence-corrected chi connectivity index (χ1v) is 2.76. The number of carboxylic acids is 1. The van der Waals surface area contributed by atoms with Crippen LogP contribution in [0.3, 0.4) is 0 Å². The number of hydrogen-bond acceptors (Lipinski definition) is 2. The van der Waals surface area contributed by atoms with Gasteiger partial charge in [0.2, 0.25) is 0 Å². The number of aliphatic hydroxyl groups is 1. The average molecular weight is 150 g/mol. The second-order valence-corrected chi connectivity index (χ2v) is 1.40. The van der Waals surface area contributed by atoms with E-state index in [9.17, 15) is 4.79 Å². The predicted molar refractivity (Wildman–Crippen MR) is 39.4 cm³/mol. The molecule has 0 aromatic heterocycles. The maximum Gasteiger partial charge on any atom is 0.328 e. The van der Waals surface area contributed by atoms with E-state index < -0.39 is 5.97 Å². The van der Waals surface area contributed by atoms with Gasteiger partial charge < -0.3 is 10.2 Å². The van der Waals surface area contributed by atoms with Gasteiger partial charge in [-0.3, -0.25) is 0 Å². The molecule has 0 unspecified atom stereocenters. The maximum atomic E-state index is 9.86. The Morgan fingerprint density at radius 3 is 2.73 bits per heavy atom. The summed E-state index contributed by atoms with van der Waals surface area (Å²) in [6, 6.07) is 0. The van der Waals surface area contributed by atoms with Gasteiger partial charge in [-0.1, -0.05) is 11.8 Å². The normalized spacial score (nSPS) is 7.73. The lowest BCUT2D eigenvalue weighted by Crippen LogP contribution is -1.84. The standard InChI is InChI=1S/C8H6O3/c9-7-5-3-1-2-4-6-8(10)11/h4,6,9H,7H2,(H,10,11). The van der Waals surface area contributed by atoms with Gasteiger partial charge in [0.1, 0.15) is 6.61 Å². The minimum absolute atomic E-state index is 0.239. The smallest absolute Gasteiger partial charge is 0.328 e. The van der Waals surface area contributed by atoms with Gasteiger partial charge in [-0.05, 0) is 17.9 Å². The number of aliphatic hydroxyl groups excluding tert-OH is 1. The van der Waals surface area contributed by atoms with Crippen LogP contribution in [0, 0.1) is 23.7 Å². The molecular formula is C8H6O3. The van der Waals surface area contributed by atoms with Crippen LogP contribution in [0.1, 0.15) is 0 Å². The highest BCUT2D eigenvalue weighted by Gasteiger charge is 1.78. The lowest BCUT2D eigenvalue weighted by molar-refractivity contribution is -0.131. The molecule has 3 heteroatoms. The summed E-state index contributed by atoms with van der Waals surface area (Å²) >= 11 is 0. The molecular weight excluding hydrogens is 144 g/mol. The van der Waals surface area contributed by atoms with Crippen molar-refractivity contribution in [3.05, 3.63) is 12.2 Å². The van der Waals surface area contributed by atoms with Crippen molar-refractivity contribution in [3.63, 3.8) is 0 Å². The molecule has 56 valence electrons. The van der Waals surface area contributed by atoms with E-state index in [1.54, 1.807) is 0 Å². The van der Waals surface area contributed by atoms with E-state index in [2.05, 4.69) is 23.7 Å². The number of hydrogen-bond donors (Lipinski definition) is 2. The Balaban J connectivity index is 3.82. The Hall–Kier alpha value is -1.71. The molecule has 2 N–H and O–H groups in total. The molecule has 0 bridgehead atoms. The molecule has 0 amide bonds. The molecule has 0 aromatic carbocycles. The van der Waals surface area contributed by atoms with Gasteiger partial charge in [0.15, 0.2) is 0 Å². The van der Waals surface area contributed by atoms with E-state index in [0.29, 0.717) is 0 Å². The molecule has 0 spiro atoms. The van der Waals surface area contributed by atoms with E-state index in [1.165, 1.54) is 6.08 Å². The van der Waals surface area contributed by atoms with Gasteiger partial charge in [-0.2, -0.15) is 0 Å². The minimum Gasteiger partial charge on any atom is -0.478 e. The first kappa shape index (κ1) is 9.29. The summed E-state index contributed by atoms with van der Waals surface area (Å²) in [4.78, 5) is 9.86. The summed E-state index contributed by atoms with van der Waals surface area (Å²) in [6.45, 7) is -0.239. The number of carbonyl (C=O) groups is 1. The highest BCUT2D eigenvalue weighted by molar-refractivity contribution is 5.80. The van der Waals surface area contributed by atoms with E-state index in [1.807, 2.05) is 0 Å². The molecule has 0 aliphatic heterocycles. The van der Waals surface area contributed by atoms with Crippen LogP contribution in [-0.4, -0.2) is 22.8 Å². The van der Waals surface area contributed by atoms with Gasteiger partial charge >= 0.3 is 5.97 Å². The van der Waals surface area contributed by atoms with Crippen LogP contribution < -0.4 is 0 Å². The summed E-state index contributed by atoms with van der Waals surface area (Å²) < 4.78 is 0. The Morgan fingerprint density at radius 1 is 1.45 bits per heavy atom. The van der Waals surface area contributed by atoms with Crippen LogP contribution in [0.4, 0.5) is 0 Å². The highest BCUT2D eigenvalue weighted by atomic mass is 16.4. The van der Waals surface area contributed by atoms with Gasteiger partial charge in [-0.25, -0.2) is 4.79 Å². The summed E-state index contributed by atoms with van der Waals surface area (Å²) in [5.74, 6) is 8.22. The van der Waals surface area contributed by atoms with Gasteiger partial charge in [0, 0.05) is 6.08 Å². The van der Waals surface area contributed by atoms with Crippen LogP contribution >= 0.6 is 0 Å². The van der Waals surface area contributed by atoms with Crippen molar-refractivity contribution in [1.82, 2.24) is 0 Å². The molecule has 0 aliphatic carbocycles. The molecule has 0 heterocycles. The molecule has 0 rings (SSSR count). The van der Waals surface area contributed by atoms with Crippen LogP contribution in [0.15, 0.2) is 12.2 Å². The van der Waals surface area contributed by atoms with Crippen molar-refractivity contribution in [2.24, 2.45) is 0 Å². The van der Waals surface area contributed by atoms with Gasteiger partial charge in [0.25, 0.3) is 0 Å². The third kappa shape index (κ3) is 8.29. The summed E-state index contributed by atoms with van der Waals surface area (Å²) in [5, 5.41) is 16.2. The number of aliphatic carboxylic acids is 1. The Kier molecular flexibility index (Phi) is 5.41. The third-order valence-corrected chi connectivity index (χ3v) is 0.611. The quantitative estimate of drug-likeness (QED) is 0.396. The molecule has 3 nitrogen and oxygen atoms in total. The monoisotopic (exact) mass is 150 g/mol. The Morgan fingerprint density at radius 2 is 2.18 bits per heavy atom. The second kappa shape index (κ2) is 6.41. The van der Waals surface area contributed by atoms with Gasteiger partial charge in [-0.15, -0.1) is 0 Å². The second-order valence-electron chi connectivity index (χ2n) is 1.40. The van der Waals surface area contributed by atoms with Crippen molar-refractivity contribution in [2.45, 2.75) is 0 Å². The zero-order valence-corrected chi connectivity index (χ0v) is 5.66. The van der Waals surface area contributed by atoms with Gasteiger partial charge in [0.05, 0.1) is 0 Å². The lowest BCUT2D eigenvalue weighted by atomic mass is 10.5. The van der Waals surface area contributed by atoms with Crippen LogP contribution in [0.2, 0.25) is 0 Å². The van der Waals surface area contributed by atoms with E-state index in [4.69, 9.17) is 10.2 Å². The first-order valence-electron chi connectivity index (χ1n) is 2.76. The molecule has 0 saturated carbocycles. The fourth-order valence-corrected chi connectivity index (χ4v) is 0.274. The molecule has 0 radical (unpaired) electrons. The molecule has 11 heavy (non-hydrogen) atoms. The average Bonchev–Trinajstić information content (AvgIpc) is 1.96. The van der Waals surface area contributed by atoms with Crippen molar-refractivity contribution < 1.29 is 15.0 Å². The van der Waals surface area contributed by atoms with Crippen LogP contribution in [0.5, 0.6) is 0 Å². The van der Waals surface area contributed by atoms with Crippen molar-refractivity contribution in [2.75, 3.05) is 6.61 Å². The molecule has 0 aromatic rings. The van der Waals surface area contributed by atoms with E-state index >= 15 is 0 Å². The molecule has 0 fully saturated rings. The first-order chi connectivity index (χ1) is 5.27. The Labute approximate surface area is 64.4 Å². The molecule has 0 atom stereocenters. The zero-order valence-electron chi connectivity index (χ0n) is 5.66.